The predicted molar refractivity (Wildman–Crippen MR) is 79.2 cm³/mol. The molecule has 0 saturated carbocycles. The molecule has 1 heterocycles. The van der Waals surface area contributed by atoms with Gasteiger partial charge in [0.2, 0.25) is 17.5 Å². The van der Waals surface area contributed by atoms with Crippen LogP contribution in [0.2, 0.25) is 0 Å². The van der Waals surface area contributed by atoms with Gasteiger partial charge >= 0.3 is 5.69 Å². The van der Waals surface area contributed by atoms with Crippen LogP contribution in [0.25, 0.3) is 0 Å². The fourth-order valence-corrected chi connectivity index (χ4v) is 1.63. The van der Waals surface area contributed by atoms with E-state index in [0.717, 1.165) is 6.42 Å². The molecule has 3 N–H and O–H groups in total. The summed E-state index contributed by atoms with van der Waals surface area (Å²) in [5.41, 5.74) is -0.262. The molecular formula is C12H20N6O3. The van der Waals surface area contributed by atoms with Gasteiger partial charge in [-0.25, -0.2) is 9.97 Å². The Hall–Kier alpha value is -2.45. The maximum absolute atomic E-state index is 11.7. The van der Waals surface area contributed by atoms with Crippen molar-refractivity contribution in [2.24, 2.45) is 0 Å². The number of hydrogen-bond acceptors (Lipinski definition) is 7. The van der Waals surface area contributed by atoms with E-state index in [0.29, 0.717) is 13.1 Å². The number of aromatic nitrogens is 2. The average molecular weight is 296 g/mol. The van der Waals surface area contributed by atoms with Gasteiger partial charge in [0.15, 0.2) is 0 Å². The standard InChI is InChI=1S/C12H20N6O3/c1-4-6-14-10-9(18(20)21)11(16-7-15-10)17-8(3)12(19)13-5-2/h7-8H,4-6H2,1-3H3,(H,13,19)(H2,14,15,16,17). The van der Waals surface area contributed by atoms with E-state index < -0.39 is 11.0 Å². The van der Waals surface area contributed by atoms with E-state index >= 15 is 0 Å². The predicted octanol–water partition coefficient (Wildman–Crippen LogP) is 1.14. The van der Waals surface area contributed by atoms with Crippen LogP contribution in [0.4, 0.5) is 17.3 Å². The van der Waals surface area contributed by atoms with Gasteiger partial charge in [-0.15, -0.1) is 0 Å². The molecule has 21 heavy (non-hydrogen) atoms. The quantitative estimate of drug-likeness (QED) is 0.485. The maximum atomic E-state index is 11.7. The molecule has 0 aromatic carbocycles. The summed E-state index contributed by atoms with van der Waals surface area (Å²) < 4.78 is 0. The summed E-state index contributed by atoms with van der Waals surface area (Å²) in [5, 5.41) is 19.5. The van der Waals surface area contributed by atoms with Crippen molar-refractivity contribution in [1.82, 2.24) is 15.3 Å². The summed E-state index contributed by atoms with van der Waals surface area (Å²) in [6.45, 7) is 6.39. The van der Waals surface area contributed by atoms with E-state index in [9.17, 15) is 14.9 Å². The number of nitrogens with zero attached hydrogens (tertiary/aromatic N) is 3. The van der Waals surface area contributed by atoms with E-state index in [1.807, 2.05) is 6.92 Å². The molecule has 1 rings (SSSR count). The molecule has 0 aliphatic heterocycles. The van der Waals surface area contributed by atoms with Gasteiger partial charge in [0.25, 0.3) is 0 Å². The molecule has 9 nitrogen and oxygen atoms in total. The first kappa shape index (κ1) is 16.6. The van der Waals surface area contributed by atoms with Crippen molar-refractivity contribution in [3.05, 3.63) is 16.4 Å². The Morgan fingerprint density at radius 2 is 2.05 bits per heavy atom. The molecule has 0 fully saturated rings. The van der Waals surface area contributed by atoms with Crippen molar-refractivity contribution < 1.29 is 9.72 Å². The highest BCUT2D eigenvalue weighted by molar-refractivity contribution is 5.85. The topological polar surface area (TPSA) is 122 Å². The first-order chi connectivity index (χ1) is 10.0. The van der Waals surface area contributed by atoms with E-state index in [1.165, 1.54) is 6.33 Å². The highest BCUT2D eigenvalue weighted by Crippen LogP contribution is 2.29. The summed E-state index contributed by atoms with van der Waals surface area (Å²) in [6.07, 6.45) is 2.02. The summed E-state index contributed by atoms with van der Waals surface area (Å²) in [5.74, 6) is -0.0942. The van der Waals surface area contributed by atoms with E-state index in [1.54, 1.807) is 13.8 Å². The lowest BCUT2D eigenvalue weighted by molar-refractivity contribution is -0.383. The molecule has 0 aliphatic rings. The lowest BCUT2D eigenvalue weighted by Crippen LogP contribution is -2.37. The van der Waals surface area contributed by atoms with Gasteiger partial charge in [-0.3, -0.25) is 14.9 Å². The highest BCUT2D eigenvalue weighted by Gasteiger charge is 2.25. The second kappa shape index (κ2) is 7.98. The summed E-state index contributed by atoms with van der Waals surface area (Å²) in [7, 11) is 0. The van der Waals surface area contributed by atoms with Crippen molar-refractivity contribution in [2.45, 2.75) is 33.2 Å². The van der Waals surface area contributed by atoms with Crippen molar-refractivity contribution in [3.63, 3.8) is 0 Å². The molecule has 1 unspecified atom stereocenters. The third-order valence-electron chi connectivity index (χ3n) is 2.64. The van der Waals surface area contributed by atoms with Gasteiger partial charge in [0, 0.05) is 13.1 Å². The smallest absolute Gasteiger partial charge is 0.353 e. The zero-order valence-corrected chi connectivity index (χ0v) is 12.3. The minimum absolute atomic E-state index is 0.0207. The van der Waals surface area contributed by atoms with Crippen molar-refractivity contribution in [3.8, 4) is 0 Å². The van der Waals surface area contributed by atoms with Gasteiger partial charge in [0.05, 0.1) is 4.92 Å². The number of anilines is 2. The number of carbonyl (C=O) groups is 1. The molecule has 1 amide bonds. The maximum Gasteiger partial charge on any atom is 0.353 e. The fourth-order valence-electron chi connectivity index (χ4n) is 1.63. The van der Waals surface area contributed by atoms with Crippen LogP contribution in [0.15, 0.2) is 6.33 Å². The van der Waals surface area contributed by atoms with E-state index in [2.05, 4.69) is 25.9 Å². The van der Waals surface area contributed by atoms with Gasteiger partial charge in [0.1, 0.15) is 12.4 Å². The Labute approximate surface area is 122 Å². The zero-order valence-electron chi connectivity index (χ0n) is 12.3. The van der Waals surface area contributed by atoms with Crippen LogP contribution < -0.4 is 16.0 Å². The van der Waals surface area contributed by atoms with Crippen LogP contribution in [-0.4, -0.2) is 39.9 Å². The third kappa shape index (κ3) is 4.55. The van der Waals surface area contributed by atoms with Crippen molar-refractivity contribution >= 4 is 23.2 Å². The Balaban J connectivity index is 3.00. The largest absolute Gasteiger partial charge is 0.364 e. The summed E-state index contributed by atoms with van der Waals surface area (Å²) >= 11 is 0. The molecular weight excluding hydrogens is 276 g/mol. The zero-order chi connectivity index (χ0) is 15.8. The van der Waals surface area contributed by atoms with Crippen LogP contribution in [0.5, 0.6) is 0 Å². The van der Waals surface area contributed by atoms with Crippen LogP contribution in [0, 0.1) is 10.1 Å². The van der Waals surface area contributed by atoms with E-state index in [-0.39, 0.29) is 23.2 Å². The Morgan fingerprint density at radius 3 is 2.62 bits per heavy atom. The second-order valence-electron chi connectivity index (χ2n) is 4.36. The second-order valence-corrected chi connectivity index (χ2v) is 4.36. The number of nitrogens with one attached hydrogen (secondary N) is 3. The van der Waals surface area contributed by atoms with Crippen molar-refractivity contribution in [1.29, 1.82) is 0 Å². The third-order valence-corrected chi connectivity index (χ3v) is 2.64. The van der Waals surface area contributed by atoms with Crippen LogP contribution >= 0.6 is 0 Å². The van der Waals surface area contributed by atoms with Gasteiger partial charge in [-0.2, -0.15) is 0 Å². The Kier molecular flexibility index (Phi) is 6.31. The summed E-state index contributed by atoms with van der Waals surface area (Å²) in [4.78, 5) is 30.1. The molecule has 0 spiro atoms. The minimum atomic E-state index is -0.641. The molecule has 1 atom stereocenters. The number of amides is 1. The number of likely N-dealkylation sites (N-methyl/N-ethyl adjacent to an activating group) is 1. The molecule has 0 saturated heterocycles. The lowest BCUT2D eigenvalue weighted by atomic mass is 10.3. The summed E-state index contributed by atoms with van der Waals surface area (Å²) in [6, 6.07) is -0.641. The van der Waals surface area contributed by atoms with Gasteiger partial charge in [-0.1, -0.05) is 6.92 Å². The lowest BCUT2D eigenvalue weighted by Gasteiger charge is -2.14. The van der Waals surface area contributed by atoms with E-state index in [4.69, 9.17) is 0 Å². The monoisotopic (exact) mass is 296 g/mol. The number of rotatable bonds is 8. The first-order valence-electron chi connectivity index (χ1n) is 6.78. The normalized spacial score (nSPS) is 11.6. The van der Waals surface area contributed by atoms with Crippen LogP contribution in [0.1, 0.15) is 27.2 Å². The molecule has 0 radical (unpaired) electrons. The highest BCUT2D eigenvalue weighted by atomic mass is 16.6. The minimum Gasteiger partial charge on any atom is -0.364 e. The molecule has 9 heteroatoms. The molecule has 1 aromatic rings. The molecule has 116 valence electrons. The molecule has 0 bridgehead atoms. The molecule has 0 aliphatic carbocycles. The Bertz CT molecular complexity index is 508. The molecule has 1 aromatic heterocycles. The van der Waals surface area contributed by atoms with Crippen LogP contribution in [-0.2, 0) is 4.79 Å². The van der Waals surface area contributed by atoms with Gasteiger partial charge in [-0.05, 0) is 20.3 Å². The fraction of sp³-hybridized carbons (Fsp3) is 0.583. The SMILES string of the molecule is CCCNc1ncnc(NC(C)C(=O)NCC)c1[N+](=O)[O-]. The van der Waals surface area contributed by atoms with Crippen LogP contribution in [0.3, 0.4) is 0 Å². The van der Waals surface area contributed by atoms with Gasteiger partial charge < -0.3 is 16.0 Å². The Morgan fingerprint density at radius 1 is 1.38 bits per heavy atom. The number of nitro groups is 1. The number of hydrogen-bond donors (Lipinski definition) is 3. The van der Waals surface area contributed by atoms with Crippen molar-refractivity contribution in [2.75, 3.05) is 23.7 Å². The average Bonchev–Trinajstić information content (AvgIpc) is 2.44. The first-order valence-corrected chi connectivity index (χ1v) is 6.78. The number of carbonyl (C=O) groups excluding carboxylic acids is 1.